The summed E-state index contributed by atoms with van der Waals surface area (Å²) >= 11 is 0. The average Bonchev–Trinajstić information content (AvgIpc) is 2.83. The van der Waals surface area contributed by atoms with E-state index in [1.165, 1.54) is 91.9 Å². The van der Waals surface area contributed by atoms with Crippen molar-refractivity contribution >= 4 is 10.9 Å². The molecular formula is C20H29N. The molecule has 0 unspecified atom stereocenters. The SMILES string of the molecule is Cc1ccc(C)c2c3c([nH]c12)CCCCCCCCCC3. The zero-order chi connectivity index (χ0) is 14.7. The molecule has 1 aromatic heterocycles. The van der Waals surface area contributed by atoms with Crippen LogP contribution in [-0.4, -0.2) is 4.98 Å². The molecule has 0 saturated carbocycles. The number of fused-ring (bicyclic) bond motifs is 3. The summed E-state index contributed by atoms with van der Waals surface area (Å²) in [5.41, 5.74) is 7.40. The first-order valence-electron chi connectivity index (χ1n) is 8.87. The molecule has 21 heavy (non-hydrogen) atoms. The fraction of sp³-hybridized carbons (Fsp3) is 0.600. The second kappa shape index (κ2) is 6.68. The molecule has 0 fully saturated rings. The van der Waals surface area contributed by atoms with Crippen LogP contribution in [0, 0.1) is 13.8 Å². The van der Waals surface area contributed by atoms with E-state index in [4.69, 9.17) is 0 Å². The minimum atomic E-state index is 1.24. The van der Waals surface area contributed by atoms with E-state index in [-0.39, 0.29) is 0 Å². The van der Waals surface area contributed by atoms with Gasteiger partial charge in [0.15, 0.2) is 0 Å². The van der Waals surface area contributed by atoms with Gasteiger partial charge in [-0.05, 0) is 56.2 Å². The number of H-pyrrole nitrogens is 1. The summed E-state index contributed by atoms with van der Waals surface area (Å²) < 4.78 is 0. The molecule has 1 heterocycles. The molecule has 1 aliphatic carbocycles. The van der Waals surface area contributed by atoms with Crippen LogP contribution in [0.3, 0.4) is 0 Å². The van der Waals surface area contributed by atoms with Gasteiger partial charge in [-0.3, -0.25) is 0 Å². The van der Waals surface area contributed by atoms with Gasteiger partial charge in [0.1, 0.15) is 0 Å². The molecule has 0 bridgehead atoms. The van der Waals surface area contributed by atoms with Crippen molar-refractivity contribution in [3.8, 4) is 0 Å². The van der Waals surface area contributed by atoms with Crippen molar-refractivity contribution in [2.45, 2.75) is 78.1 Å². The van der Waals surface area contributed by atoms with Gasteiger partial charge in [0.05, 0.1) is 0 Å². The lowest BCUT2D eigenvalue weighted by molar-refractivity contribution is 0.559. The van der Waals surface area contributed by atoms with E-state index in [0.29, 0.717) is 0 Å². The van der Waals surface area contributed by atoms with Crippen molar-refractivity contribution in [3.63, 3.8) is 0 Å². The fourth-order valence-electron chi connectivity index (χ4n) is 3.89. The molecule has 0 aliphatic heterocycles. The summed E-state index contributed by atoms with van der Waals surface area (Å²) in [4.78, 5) is 3.78. The lowest BCUT2D eigenvalue weighted by Gasteiger charge is -2.09. The Balaban J connectivity index is 1.99. The van der Waals surface area contributed by atoms with E-state index < -0.39 is 0 Å². The zero-order valence-corrected chi connectivity index (χ0v) is 13.7. The molecule has 0 radical (unpaired) electrons. The number of benzene rings is 1. The highest BCUT2D eigenvalue weighted by molar-refractivity contribution is 5.90. The van der Waals surface area contributed by atoms with Gasteiger partial charge in [-0.1, -0.05) is 50.7 Å². The Kier molecular flexibility index (Phi) is 4.67. The predicted molar refractivity (Wildman–Crippen MR) is 92.1 cm³/mol. The lowest BCUT2D eigenvalue weighted by Crippen LogP contribution is -1.96. The van der Waals surface area contributed by atoms with E-state index in [0.717, 1.165) is 0 Å². The number of rotatable bonds is 0. The Morgan fingerprint density at radius 2 is 1.29 bits per heavy atom. The van der Waals surface area contributed by atoms with Crippen LogP contribution in [0.25, 0.3) is 10.9 Å². The van der Waals surface area contributed by atoms with Crippen molar-refractivity contribution in [1.82, 2.24) is 4.98 Å². The molecule has 1 heteroatoms. The van der Waals surface area contributed by atoms with Gasteiger partial charge in [0.25, 0.3) is 0 Å². The highest BCUT2D eigenvalue weighted by Gasteiger charge is 2.14. The summed E-state index contributed by atoms with van der Waals surface area (Å²) in [5.74, 6) is 0. The van der Waals surface area contributed by atoms with Crippen LogP contribution in [0.1, 0.15) is 73.8 Å². The highest BCUT2D eigenvalue weighted by Crippen LogP contribution is 2.31. The summed E-state index contributed by atoms with van der Waals surface area (Å²) in [5, 5.41) is 1.53. The number of aromatic nitrogens is 1. The number of nitrogens with one attached hydrogen (secondary N) is 1. The van der Waals surface area contributed by atoms with Gasteiger partial charge < -0.3 is 4.98 Å². The van der Waals surface area contributed by atoms with Crippen LogP contribution in [0.15, 0.2) is 12.1 Å². The Bertz CT molecular complexity index is 606. The first-order valence-corrected chi connectivity index (χ1v) is 8.87. The van der Waals surface area contributed by atoms with Crippen LogP contribution in [0.4, 0.5) is 0 Å². The number of aryl methyl sites for hydroxylation is 4. The molecule has 3 rings (SSSR count). The largest absolute Gasteiger partial charge is 0.358 e. The maximum atomic E-state index is 3.78. The van der Waals surface area contributed by atoms with E-state index >= 15 is 0 Å². The second-order valence-corrected chi connectivity index (χ2v) is 6.86. The monoisotopic (exact) mass is 283 g/mol. The van der Waals surface area contributed by atoms with Gasteiger partial charge in [-0.25, -0.2) is 0 Å². The van der Waals surface area contributed by atoms with Crippen LogP contribution < -0.4 is 0 Å². The van der Waals surface area contributed by atoms with Crippen molar-refractivity contribution in [2.24, 2.45) is 0 Å². The van der Waals surface area contributed by atoms with Crippen LogP contribution in [-0.2, 0) is 12.8 Å². The maximum absolute atomic E-state index is 3.78. The van der Waals surface area contributed by atoms with Crippen molar-refractivity contribution in [3.05, 3.63) is 34.5 Å². The summed E-state index contributed by atoms with van der Waals surface area (Å²) in [6.07, 6.45) is 13.7. The first kappa shape index (κ1) is 14.7. The topological polar surface area (TPSA) is 15.8 Å². The number of hydrogen-bond donors (Lipinski definition) is 1. The molecule has 114 valence electrons. The second-order valence-electron chi connectivity index (χ2n) is 6.86. The minimum Gasteiger partial charge on any atom is -0.358 e. The van der Waals surface area contributed by atoms with Gasteiger partial charge in [-0.2, -0.15) is 0 Å². The number of hydrogen-bond acceptors (Lipinski definition) is 0. The molecule has 0 atom stereocenters. The third kappa shape index (κ3) is 3.17. The molecule has 0 spiro atoms. The first-order chi connectivity index (χ1) is 10.3. The fourth-order valence-corrected chi connectivity index (χ4v) is 3.89. The Hall–Kier alpha value is -1.24. The third-order valence-corrected chi connectivity index (χ3v) is 5.17. The van der Waals surface area contributed by atoms with Crippen LogP contribution in [0.5, 0.6) is 0 Å². The van der Waals surface area contributed by atoms with E-state index in [9.17, 15) is 0 Å². The van der Waals surface area contributed by atoms with Gasteiger partial charge in [-0.15, -0.1) is 0 Å². The van der Waals surface area contributed by atoms with E-state index in [1.54, 1.807) is 5.56 Å². The normalized spacial score (nSPS) is 18.0. The van der Waals surface area contributed by atoms with E-state index in [1.807, 2.05) is 0 Å². The molecule has 2 aromatic rings. The van der Waals surface area contributed by atoms with Gasteiger partial charge in [0.2, 0.25) is 0 Å². The average molecular weight is 283 g/mol. The van der Waals surface area contributed by atoms with E-state index in [2.05, 4.69) is 31.0 Å². The predicted octanol–water partition coefficient (Wildman–Crippen LogP) is 6.00. The Morgan fingerprint density at radius 1 is 0.714 bits per heavy atom. The van der Waals surface area contributed by atoms with Gasteiger partial charge >= 0.3 is 0 Å². The maximum Gasteiger partial charge on any atom is 0.0491 e. The number of aromatic amines is 1. The zero-order valence-electron chi connectivity index (χ0n) is 13.7. The third-order valence-electron chi connectivity index (χ3n) is 5.17. The summed E-state index contributed by atoms with van der Waals surface area (Å²) in [6, 6.07) is 4.55. The molecule has 1 N–H and O–H groups in total. The molecule has 0 saturated heterocycles. The molecular weight excluding hydrogens is 254 g/mol. The lowest BCUT2D eigenvalue weighted by atomic mass is 9.95. The van der Waals surface area contributed by atoms with Crippen LogP contribution >= 0.6 is 0 Å². The Morgan fingerprint density at radius 3 is 2.00 bits per heavy atom. The van der Waals surface area contributed by atoms with Crippen LogP contribution in [0.2, 0.25) is 0 Å². The smallest absolute Gasteiger partial charge is 0.0491 e. The molecule has 1 nitrogen and oxygen atoms in total. The Labute approximate surface area is 129 Å². The molecule has 1 aliphatic rings. The summed E-state index contributed by atoms with van der Waals surface area (Å²) in [6.45, 7) is 4.51. The quantitative estimate of drug-likeness (QED) is 0.610. The molecule has 1 aromatic carbocycles. The molecule has 0 amide bonds. The minimum absolute atomic E-state index is 1.24. The van der Waals surface area contributed by atoms with Crippen molar-refractivity contribution in [2.75, 3.05) is 0 Å². The van der Waals surface area contributed by atoms with Gasteiger partial charge in [0, 0.05) is 16.6 Å². The van der Waals surface area contributed by atoms with Crippen molar-refractivity contribution < 1.29 is 0 Å². The summed E-state index contributed by atoms with van der Waals surface area (Å²) in [7, 11) is 0. The highest BCUT2D eigenvalue weighted by atomic mass is 14.7. The van der Waals surface area contributed by atoms with Crippen molar-refractivity contribution in [1.29, 1.82) is 0 Å². The standard InChI is InChI=1S/C20H29N/c1-15-13-14-16(2)20-19(15)17-11-9-7-5-3-4-6-8-10-12-18(17)21-20/h13-14,21H,3-12H2,1-2H3.